The molecule has 1 atom stereocenters. The van der Waals surface area contributed by atoms with E-state index in [1.807, 2.05) is 0 Å². The molecule has 0 aliphatic carbocycles. The number of alkyl halides is 2. The van der Waals surface area contributed by atoms with Gasteiger partial charge in [-0.15, -0.1) is 0 Å². The number of hydrogen-bond donors (Lipinski definition) is 2. The van der Waals surface area contributed by atoms with Crippen molar-refractivity contribution in [2.24, 2.45) is 0 Å². The van der Waals surface area contributed by atoms with Crippen LogP contribution in [-0.4, -0.2) is 46.8 Å². The normalized spacial score (nSPS) is 18.0. The zero-order valence-electron chi connectivity index (χ0n) is 14.1. The van der Waals surface area contributed by atoms with Gasteiger partial charge < -0.3 is 16.0 Å². The highest BCUT2D eigenvalue weighted by molar-refractivity contribution is 6.08. The number of nitriles is 1. The van der Waals surface area contributed by atoms with Gasteiger partial charge in [-0.3, -0.25) is 9.78 Å². The number of nitrogen functional groups attached to an aromatic ring is 1. The van der Waals surface area contributed by atoms with Gasteiger partial charge in [0.2, 0.25) is 0 Å². The Morgan fingerprint density at radius 2 is 2.22 bits per heavy atom. The van der Waals surface area contributed by atoms with Gasteiger partial charge in [-0.2, -0.15) is 5.26 Å². The van der Waals surface area contributed by atoms with Gasteiger partial charge in [0.25, 0.3) is 11.8 Å². The highest BCUT2D eigenvalue weighted by Crippen LogP contribution is 2.33. The number of nitrogens with two attached hydrogens (primary N) is 1. The molecule has 2 heterocycles. The highest BCUT2D eigenvalue weighted by atomic mass is 19.3. The number of fused-ring (bicyclic) bond motifs is 1. The van der Waals surface area contributed by atoms with E-state index in [4.69, 9.17) is 11.0 Å². The number of nitrogens with zero attached hydrogens (tertiary/aromatic N) is 3. The van der Waals surface area contributed by atoms with Gasteiger partial charge in [0.15, 0.2) is 0 Å². The van der Waals surface area contributed by atoms with E-state index in [-0.39, 0.29) is 17.8 Å². The van der Waals surface area contributed by atoms with Crippen LogP contribution in [0.5, 0.6) is 0 Å². The maximum atomic E-state index is 13.6. The van der Waals surface area contributed by atoms with Crippen molar-refractivity contribution < 1.29 is 18.4 Å². The van der Waals surface area contributed by atoms with Crippen molar-refractivity contribution in [1.82, 2.24) is 15.2 Å². The number of halogens is 2. The van der Waals surface area contributed by atoms with E-state index in [0.717, 1.165) is 4.90 Å². The molecule has 0 unspecified atom stereocenters. The third-order valence-corrected chi connectivity index (χ3v) is 4.35. The molecule has 1 aromatic carbocycles. The number of aromatic nitrogens is 1. The van der Waals surface area contributed by atoms with Gasteiger partial charge >= 0.3 is 0 Å². The second-order valence-electron chi connectivity index (χ2n) is 6.17. The molecule has 27 heavy (non-hydrogen) atoms. The van der Waals surface area contributed by atoms with Gasteiger partial charge in [0.05, 0.1) is 35.9 Å². The number of para-hydroxylation sites is 1. The lowest BCUT2D eigenvalue weighted by atomic mass is 10.1. The number of nitrogens with one attached hydrogen (secondary N) is 1. The van der Waals surface area contributed by atoms with Crippen molar-refractivity contribution in [3.63, 3.8) is 0 Å². The average Bonchev–Trinajstić information content (AvgIpc) is 2.96. The molecule has 7 nitrogen and oxygen atoms in total. The summed E-state index contributed by atoms with van der Waals surface area (Å²) in [5, 5.41) is 12.1. The number of carbonyl (C=O) groups is 1. The Hall–Kier alpha value is -3.50. The van der Waals surface area contributed by atoms with E-state index in [2.05, 4.69) is 10.3 Å². The van der Waals surface area contributed by atoms with Crippen LogP contribution >= 0.6 is 0 Å². The highest BCUT2D eigenvalue weighted by Gasteiger charge is 2.46. The zero-order chi connectivity index (χ0) is 19.6. The van der Waals surface area contributed by atoms with Crippen molar-refractivity contribution in [1.29, 1.82) is 5.26 Å². The van der Waals surface area contributed by atoms with E-state index in [1.54, 1.807) is 30.2 Å². The van der Waals surface area contributed by atoms with E-state index in [0.29, 0.717) is 16.6 Å². The molecule has 1 aliphatic heterocycles. The van der Waals surface area contributed by atoms with Crippen LogP contribution in [0.1, 0.15) is 16.8 Å². The minimum Gasteiger partial charge on any atom is -0.397 e. The summed E-state index contributed by atoms with van der Waals surface area (Å²) in [5.74, 6) is -2.05. The molecule has 0 saturated carbocycles. The summed E-state index contributed by atoms with van der Waals surface area (Å²) >= 11 is 0. The summed E-state index contributed by atoms with van der Waals surface area (Å²) in [7, 11) is 0. The number of hydrogen-bond acceptors (Lipinski definition) is 6. The minimum atomic E-state index is -3.08. The summed E-state index contributed by atoms with van der Waals surface area (Å²) in [6, 6.07) is 7.10. The summed E-state index contributed by atoms with van der Waals surface area (Å²) in [6.45, 7) is -1.09. The first-order chi connectivity index (χ1) is 12.9. The molecule has 1 amide bonds. The quantitative estimate of drug-likeness (QED) is 0.622. The SMILES string of the molecule is N#C[C@@H]1CC(F)(F)CN1C(=C=O)CNC(=O)c1ccnc2c(N)cccc12. The molecule has 1 aromatic heterocycles. The number of anilines is 1. The predicted octanol–water partition coefficient (Wildman–Crippen LogP) is 1.50. The topological polar surface area (TPSA) is 112 Å². The first kappa shape index (κ1) is 18.3. The van der Waals surface area contributed by atoms with Crippen LogP contribution in [0.2, 0.25) is 0 Å². The third kappa shape index (κ3) is 3.57. The Labute approximate surface area is 153 Å². The molecule has 1 saturated heterocycles. The molecule has 1 aliphatic rings. The third-order valence-electron chi connectivity index (χ3n) is 4.35. The second kappa shape index (κ2) is 7.02. The molecule has 3 N–H and O–H groups in total. The molecule has 3 rings (SSSR count). The lowest BCUT2D eigenvalue weighted by Gasteiger charge is -2.22. The fourth-order valence-electron chi connectivity index (χ4n) is 3.07. The molecule has 2 aromatic rings. The largest absolute Gasteiger partial charge is 0.397 e. The predicted molar refractivity (Wildman–Crippen MR) is 93.4 cm³/mol. The van der Waals surface area contributed by atoms with Crippen LogP contribution < -0.4 is 11.1 Å². The number of likely N-dealkylation sites (tertiary alicyclic amines) is 1. The first-order valence-corrected chi connectivity index (χ1v) is 8.06. The minimum absolute atomic E-state index is 0.204. The van der Waals surface area contributed by atoms with E-state index >= 15 is 0 Å². The maximum absolute atomic E-state index is 13.6. The molecule has 0 radical (unpaired) electrons. The summed E-state index contributed by atoms with van der Waals surface area (Å²) in [6.07, 6.45) is 0.758. The molecular formula is C18H15F2N5O2. The summed E-state index contributed by atoms with van der Waals surface area (Å²) < 4.78 is 27.1. The van der Waals surface area contributed by atoms with Crippen LogP contribution in [0.4, 0.5) is 14.5 Å². The van der Waals surface area contributed by atoms with Crippen molar-refractivity contribution in [2.75, 3.05) is 18.8 Å². The number of carbonyl (C=O) groups excluding carboxylic acids is 2. The fraction of sp³-hybridized carbons (Fsp3) is 0.278. The van der Waals surface area contributed by atoms with Gasteiger partial charge in [0.1, 0.15) is 17.7 Å². The molecule has 138 valence electrons. The van der Waals surface area contributed by atoms with E-state index in [1.165, 1.54) is 12.3 Å². The van der Waals surface area contributed by atoms with E-state index < -0.39 is 30.8 Å². The van der Waals surface area contributed by atoms with Crippen LogP contribution in [0.25, 0.3) is 10.9 Å². The van der Waals surface area contributed by atoms with Crippen LogP contribution in [-0.2, 0) is 4.79 Å². The second-order valence-corrected chi connectivity index (χ2v) is 6.17. The zero-order valence-corrected chi connectivity index (χ0v) is 14.1. The number of pyridine rings is 1. The smallest absolute Gasteiger partial charge is 0.268 e. The lowest BCUT2D eigenvalue weighted by Crippen LogP contribution is -2.36. The number of rotatable bonds is 4. The number of amides is 1. The van der Waals surface area contributed by atoms with Gasteiger partial charge in [0, 0.05) is 18.0 Å². The van der Waals surface area contributed by atoms with Gasteiger partial charge in [-0.1, -0.05) is 12.1 Å². The Morgan fingerprint density at radius 1 is 1.44 bits per heavy atom. The standard InChI is InChI=1S/C18H15F2N5O2/c19-18(20)6-11(7-21)25(10-18)12(9-26)8-24-17(27)14-4-5-23-16-13(14)2-1-3-15(16)22/h1-5,11H,6,8,10,22H2,(H,24,27)/t11-/m0/s1. The lowest BCUT2D eigenvalue weighted by molar-refractivity contribution is 0.0148. The van der Waals surface area contributed by atoms with Crippen LogP contribution in [0, 0.1) is 11.3 Å². The summed E-state index contributed by atoms with van der Waals surface area (Å²) in [4.78, 5) is 28.9. The average molecular weight is 371 g/mol. The Balaban J connectivity index is 1.79. The van der Waals surface area contributed by atoms with Crippen LogP contribution in [0.15, 0.2) is 36.2 Å². The van der Waals surface area contributed by atoms with Crippen molar-refractivity contribution in [3.05, 3.63) is 41.7 Å². The fourth-order valence-corrected chi connectivity index (χ4v) is 3.07. The Morgan fingerprint density at radius 3 is 2.93 bits per heavy atom. The van der Waals surface area contributed by atoms with Crippen molar-refractivity contribution in [2.45, 2.75) is 18.4 Å². The van der Waals surface area contributed by atoms with Crippen molar-refractivity contribution in [3.8, 4) is 6.07 Å². The van der Waals surface area contributed by atoms with Crippen LogP contribution in [0.3, 0.4) is 0 Å². The maximum Gasteiger partial charge on any atom is 0.268 e. The number of benzene rings is 1. The molecule has 1 fully saturated rings. The van der Waals surface area contributed by atoms with Gasteiger partial charge in [-0.05, 0) is 12.1 Å². The monoisotopic (exact) mass is 371 g/mol. The Kier molecular flexibility index (Phi) is 4.75. The van der Waals surface area contributed by atoms with Crippen molar-refractivity contribution >= 4 is 28.4 Å². The molecule has 0 bridgehead atoms. The molecule has 9 heteroatoms. The first-order valence-electron chi connectivity index (χ1n) is 8.06. The Bertz CT molecular complexity index is 995. The molecular weight excluding hydrogens is 356 g/mol. The van der Waals surface area contributed by atoms with E-state index in [9.17, 15) is 18.4 Å². The molecule has 0 spiro atoms. The van der Waals surface area contributed by atoms with Gasteiger partial charge in [-0.25, -0.2) is 13.6 Å². The summed E-state index contributed by atoms with van der Waals surface area (Å²) in [5.41, 5.74) is 6.79.